The Labute approximate surface area is 122 Å². The Kier molecular flexibility index (Phi) is 5.05. The van der Waals surface area contributed by atoms with Gasteiger partial charge in [-0.1, -0.05) is 25.1 Å². The molecule has 0 radical (unpaired) electrons. The highest BCUT2D eigenvalue weighted by atomic mass is 32.2. The Hall–Kier alpha value is -1.07. The van der Waals surface area contributed by atoms with Crippen LogP contribution in [0.1, 0.15) is 31.4 Å². The van der Waals surface area contributed by atoms with Crippen molar-refractivity contribution in [2.75, 3.05) is 36.5 Å². The maximum atomic E-state index is 11.7. The maximum Gasteiger partial charge on any atom is 0.151 e. The fourth-order valence-electron chi connectivity index (χ4n) is 2.76. The third-order valence-corrected chi connectivity index (χ3v) is 5.72. The lowest BCUT2D eigenvalue weighted by Gasteiger charge is -2.25. The van der Waals surface area contributed by atoms with E-state index in [9.17, 15) is 8.42 Å². The van der Waals surface area contributed by atoms with Gasteiger partial charge in [0, 0.05) is 30.6 Å². The number of fused-ring (bicyclic) bond motifs is 1. The van der Waals surface area contributed by atoms with Gasteiger partial charge in [0.1, 0.15) is 0 Å². The summed E-state index contributed by atoms with van der Waals surface area (Å²) in [6.07, 6.45) is 2.16. The molecule has 20 heavy (non-hydrogen) atoms. The van der Waals surface area contributed by atoms with Crippen LogP contribution in [0.4, 0.5) is 5.69 Å². The number of hydrogen-bond donors (Lipinski definition) is 1. The molecule has 0 fully saturated rings. The van der Waals surface area contributed by atoms with E-state index in [2.05, 4.69) is 28.4 Å². The molecule has 4 nitrogen and oxygen atoms in total. The van der Waals surface area contributed by atoms with Gasteiger partial charge in [-0.2, -0.15) is 0 Å². The molecule has 1 aliphatic heterocycles. The summed E-state index contributed by atoms with van der Waals surface area (Å²) in [4.78, 5) is 2.22. The van der Waals surface area contributed by atoms with Crippen LogP contribution >= 0.6 is 0 Å². The fourth-order valence-corrected chi connectivity index (χ4v) is 3.55. The topological polar surface area (TPSA) is 49.4 Å². The highest BCUT2D eigenvalue weighted by molar-refractivity contribution is 7.91. The summed E-state index contributed by atoms with van der Waals surface area (Å²) >= 11 is 0. The summed E-state index contributed by atoms with van der Waals surface area (Å²) in [5, 5.41) is 3.36. The van der Waals surface area contributed by atoms with Crippen LogP contribution in [0, 0.1) is 0 Å². The Bertz CT molecular complexity index is 543. The number of rotatable bonds is 5. The quantitative estimate of drug-likeness (QED) is 0.902. The van der Waals surface area contributed by atoms with Crippen molar-refractivity contribution >= 4 is 15.5 Å². The van der Waals surface area contributed by atoms with Crippen molar-refractivity contribution in [3.63, 3.8) is 0 Å². The van der Waals surface area contributed by atoms with E-state index in [1.807, 2.05) is 13.1 Å². The molecule has 0 amide bonds. The van der Waals surface area contributed by atoms with Gasteiger partial charge in [-0.05, 0) is 31.5 Å². The SMILES string of the molecule is CCS(=O)(=O)CCN1CCCC(NC)c2ccccc21. The van der Waals surface area contributed by atoms with Crippen LogP contribution in [0.25, 0.3) is 0 Å². The minimum atomic E-state index is -2.91. The maximum absolute atomic E-state index is 11.7. The van der Waals surface area contributed by atoms with Gasteiger partial charge < -0.3 is 10.2 Å². The molecule has 112 valence electrons. The first-order chi connectivity index (χ1) is 9.57. The summed E-state index contributed by atoms with van der Waals surface area (Å²) in [7, 11) is -0.925. The van der Waals surface area contributed by atoms with Crippen molar-refractivity contribution in [1.29, 1.82) is 0 Å². The van der Waals surface area contributed by atoms with Crippen LogP contribution in [-0.4, -0.2) is 40.1 Å². The predicted octanol–water partition coefficient (Wildman–Crippen LogP) is 1.98. The van der Waals surface area contributed by atoms with E-state index in [0.717, 1.165) is 19.4 Å². The van der Waals surface area contributed by atoms with Gasteiger partial charge in [0.2, 0.25) is 0 Å². The zero-order valence-corrected chi connectivity index (χ0v) is 13.1. The Morgan fingerprint density at radius 1 is 1.35 bits per heavy atom. The lowest BCUT2D eigenvalue weighted by Crippen LogP contribution is -2.30. The molecule has 1 aromatic carbocycles. The molecule has 5 heteroatoms. The summed E-state index contributed by atoms with van der Waals surface area (Å²) < 4.78 is 23.4. The van der Waals surface area contributed by atoms with Crippen LogP contribution in [-0.2, 0) is 9.84 Å². The van der Waals surface area contributed by atoms with Crippen LogP contribution in [0.3, 0.4) is 0 Å². The smallest absolute Gasteiger partial charge is 0.151 e. The number of hydrogen-bond acceptors (Lipinski definition) is 4. The lowest BCUT2D eigenvalue weighted by atomic mass is 10.0. The predicted molar refractivity (Wildman–Crippen MR) is 84.0 cm³/mol. The summed E-state index contributed by atoms with van der Waals surface area (Å²) in [5.41, 5.74) is 2.46. The molecule has 0 bridgehead atoms. The Balaban J connectivity index is 2.21. The van der Waals surface area contributed by atoms with Gasteiger partial charge in [0.05, 0.1) is 5.75 Å². The minimum Gasteiger partial charge on any atom is -0.370 e. The van der Waals surface area contributed by atoms with Crippen molar-refractivity contribution in [2.45, 2.75) is 25.8 Å². The largest absolute Gasteiger partial charge is 0.370 e. The molecular formula is C15H24N2O2S. The van der Waals surface area contributed by atoms with E-state index < -0.39 is 9.84 Å². The van der Waals surface area contributed by atoms with Crippen molar-refractivity contribution < 1.29 is 8.42 Å². The zero-order valence-electron chi connectivity index (χ0n) is 12.3. The van der Waals surface area contributed by atoms with E-state index in [0.29, 0.717) is 12.6 Å². The standard InChI is InChI=1S/C15H24N2O2S/c1-3-20(18,19)12-11-17-10-6-8-14(16-2)13-7-4-5-9-15(13)17/h4-5,7,9,14,16H,3,6,8,10-12H2,1-2H3. The fraction of sp³-hybridized carbons (Fsp3) is 0.600. The van der Waals surface area contributed by atoms with Crippen LogP contribution in [0.15, 0.2) is 24.3 Å². The highest BCUT2D eigenvalue weighted by Gasteiger charge is 2.22. The molecule has 1 heterocycles. The number of para-hydroxylation sites is 1. The monoisotopic (exact) mass is 296 g/mol. The van der Waals surface area contributed by atoms with Crippen molar-refractivity contribution in [2.24, 2.45) is 0 Å². The second-order valence-corrected chi connectivity index (χ2v) is 7.74. The summed E-state index contributed by atoms with van der Waals surface area (Å²) in [6, 6.07) is 8.68. The van der Waals surface area contributed by atoms with Gasteiger partial charge in [0.25, 0.3) is 0 Å². The number of sulfone groups is 1. The average Bonchev–Trinajstić information content (AvgIpc) is 2.64. The summed E-state index contributed by atoms with van der Waals surface area (Å²) in [6.45, 7) is 3.22. The van der Waals surface area contributed by atoms with Gasteiger partial charge in [-0.3, -0.25) is 0 Å². The molecule has 1 aromatic rings. The second-order valence-electron chi connectivity index (χ2n) is 5.27. The molecule has 0 spiro atoms. The van der Waals surface area contributed by atoms with Crippen molar-refractivity contribution in [3.8, 4) is 0 Å². The zero-order chi connectivity index (χ0) is 14.6. The molecular weight excluding hydrogens is 272 g/mol. The van der Waals surface area contributed by atoms with E-state index >= 15 is 0 Å². The van der Waals surface area contributed by atoms with Crippen molar-refractivity contribution in [1.82, 2.24) is 5.32 Å². The van der Waals surface area contributed by atoms with E-state index in [-0.39, 0.29) is 11.5 Å². The van der Waals surface area contributed by atoms with E-state index in [1.54, 1.807) is 6.92 Å². The van der Waals surface area contributed by atoms with Gasteiger partial charge in [0.15, 0.2) is 9.84 Å². The molecule has 1 aliphatic rings. The molecule has 1 unspecified atom stereocenters. The molecule has 0 saturated heterocycles. The normalized spacial score (nSPS) is 19.5. The molecule has 0 aliphatic carbocycles. The van der Waals surface area contributed by atoms with Crippen LogP contribution in [0.5, 0.6) is 0 Å². The first kappa shape index (κ1) is 15.3. The third-order valence-electron chi connectivity index (χ3n) is 4.03. The Morgan fingerprint density at radius 3 is 2.80 bits per heavy atom. The second kappa shape index (κ2) is 6.59. The number of benzene rings is 1. The number of nitrogens with one attached hydrogen (secondary N) is 1. The first-order valence-corrected chi connectivity index (χ1v) is 9.11. The minimum absolute atomic E-state index is 0.224. The Morgan fingerprint density at radius 2 is 2.10 bits per heavy atom. The van der Waals surface area contributed by atoms with Gasteiger partial charge >= 0.3 is 0 Å². The number of anilines is 1. The van der Waals surface area contributed by atoms with Crippen LogP contribution in [0.2, 0.25) is 0 Å². The van der Waals surface area contributed by atoms with Gasteiger partial charge in [-0.25, -0.2) is 8.42 Å². The van der Waals surface area contributed by atoms with E-state index in [1.165, 1.54) is 11.3 Å². The third kappa shape index (κ3) is 3.52. The summed E-state index contributed by atoms with van der Waals surface area (Å²) in [5.74, 6) is 0.462. The highest BCUT2D eigenvalue weighted by Crippen LogP contribution is 2.32. The lowest BCUT2D eigenvalue weighted by molar-refractivity contribution is 0.542. The molecule has 2 rings (SSSR count). The number of nitrogens with zero attached hydrogens (tertiary/aromatic N) is 1. The first-order valence-electron chi connectivity index (χ1n) is 7.29. The molecule has 0 aromatic heterocycles. The van der Waals surface area contributed by atoms with E-state index in [4.69, 9.17) is 0 Å². The molecule has 0 saturated carbocycles. The average molecular weight is 296 g/mol. The van der Waals surface area contributed by atoms with Crippen molar-refractivity contribution in [3.05, 3.63) is 29.8 Å². The molecule has 1 N–H and O–H groups in total. The van der Waals surface area contributed by atoms with Crippen LogP contribution < -0.4 is 10.2 Å². The molecule has 1 atom stereocenters. The van der Waals surface area contributed by atoms with Gasteiger partial charge in [-0.15, -0.1) is 0 Å².